The summed E-state index contributed by atoms with van der Waals surface area (Å²) in [7, 11) is 1.78. The molecule has 0 radical (unpaired) electrons. The molecule has 0 fully saturated rings. The Morgan fingerprint density at radius 2 is 1.84 bits per heavy atom. The maximum Gasteiger partial charge on any atom is 0.146 e. The fraction of sp³-hybridized carbons (Fsp3) is 0.200. The van der Waals surface area contributed by atoms with E-state index in [0.717, 1.165) is 11.3 Å². The Labute approximate surface area is 117 Å². The summed E-state index contributed by atoms with van der Waals surface area (Å²) in [4.78, 5) is 1.72. The molecular weight excluding hydrogens is 263 g/mol. The second kappa shape index (κ2) is 5.59. The molecule has 0 aromatic heterocycles. The number of para-hydroxylation sites is 1. The van der Waals surface area contributed by atoms with Gasteiger partial charge in [0, 0.05) is 13.1 Å². The number of anilines is 2. The Morgan fingerprint density at radius 1 is 1.16 bits per heavy atom. The summed E-state index contributed by atoms with van der Waals surface area (Å²) < 4.78 is 13.8. The second-order valence-electron chi connectivity index (χ2n) is 4.51. The monoisotopic (exact) mass is 278 g/mol. The molecule has 0 spiro atoms. The minimum atomic E-state index is -0.280. The number of halogens is 2. The van der Waals surface area contributed by atoms with Gasteiger partial charge < -0.3 is 10.6 Å². The molecule has 0 bridgehead atoms. The van der Waals surface area contributed by atoms with Gasteiger partial charge in [-0.25, -0.2) is 4.39 Å². The van der Waals surface area contributed by atoms with Gasteiger partial charge in [-0.05, 0) is 36.8 Å². The summed E-state index contributed by atoms with van der Waals surface area (Å²) in [5, 5.41) is 0.556. The molecule has 2 aromatic rings. The van der Waals surface area contributed by atoms with Crippen molar-refractivity contribution in [2.45, 2.75) is 13.0 Å². The molecule has 0 aliphatic rings. The Balaban J connectivity index is 2.40. The van der Waals surface area contributed by atoms with E-state index >= 15 is 0 Å². The van der Waals surface area contributed by atoms with E-state index < -0.39 is 0 Å². The van der Waals surface area contributed by atoms with Crippen molar-refractivity contribution < 1.29 is 4.39 Å². The SMILES string of the molecule is C[C@@H](N)c1ccc(N(C)c2ccccc2F)c(Cl)c1. The fourth-order valence-electron chi connectivity index (χ4n) is 1.93. The zero-order valence-electron chi connectivity index (χ0n) is 10.9. The first-order chi connectivity index (χ1) is 9.00. The first kappa shape index (κ1) is 13.8. The molecule has 0 aliphatic heterocycles. The van der Waals surface area contributed by atoms with Crippen molar-refractivity contribution in [3.05, 3.63) is 58.9 Å². The molecule has 19 heavy (non-hydrogen) atoms. The Hall–Kier alpha value is -1.58. The standard InChI is InChI=1S/C15H16ClFN2/c1-10(18)11-7-8-14(12(16)9-11)19(2)15-6-4-3-5-13(15)17/h3-10H,18H2,1-2H3/t10-/m1/s1. The number of hydrogen-bond acceptors (Lipinski definition) is 2. The van der Waals surface area contributed by atoms with Crippen molar-refractivity contribution in [3.63, 3.8) is 0 Å². The average Bonchev–Trinajstić information content (AvgIpc) is 2.38. The van der Waals surface area contributed by atoms with Crippen LogP contribution in [0.5, 0.6) is 0 Å². The average molecular weight is 279 g/mol. The zero-order chi connectivity index (χ0) is 14.0. The lowest BCUT2D eigenvalue weighted by atomic mass is 10.1. The molecule has 2 nitrogen and oxygen atoms in total. The lowest BCUT2D eigenvalue weighted by Gasteiger charge is -2.22. The van der Waals surface area contributed by atoms with Crippen LogP contribution in [0.15, 0.2) is 42.5 Å². The normalized spacial score (nSPS) is 12.3. The summed E-state index contributed by atoms with van der Waals surface area (Å²) in [5.74, 6) is -0.280. The third-order valence-corrected chi connectivity index (χ3v) is 3.38. The molecule has 0 saturated carbocycles. The van der Waals surface area contributed by atoms with E-state index in [9.17, 15) is 4.39 Å². The minimum absolute atomic E-state index is 0.0784. The Morgan fingerprint density at radius 3 is 2.42 bits per heavy atom. The summed E-state index contributed by atoms with van der Waals surface area (Å²) >= 11 is 6.25. The molecule has 0 saturated heterocycles. The first-order valence-electron chi connectivity index (χ1n) is 6.04. The van der Waals surface area contributed by atoms with Crippen molar-refractivity contribution in [2.75, 3.05) is 11.9 Å². The Bertz CT molecular complexity index is 584. The van der Waals surface area contributed by atoms with E-state index in [2.05, 4.69) is 0 Å². The lowest BCUT2D eigenvalue weighted by Crippen LogP contribution is -2.12. The van der Waals surface area contributed by atoms with Crippen molar-refractivity contribution in [3.8, 4) is 0 Å². The number of rotatable bonds is 3. The molecule has 4 heteroatoms. The first-order valence-corrected chi connectivity index (χ1v) is 6.42. The molecule has 0 amide bonds. The maximum absolute atomic E-state index is 13.8. The van der Waals surface area contributed by atoms with E-state index in [1.165, 1.54) is 6.07 Å². The molecule has 100 valence electrons. The van der Waals surface area contributed by atoms with Crippen molar-refractivity contribution in [2.24, 2.45) is 5.73 Å². The molecule has 0 unspecified atom stereocenters. The minimum Gasteiger partial charge on any atom is -0.341 e. The summed E-state index contributed by atoms with van der Waals surface area (Å²) in [5.41, 5.74) is 8.00. The van der Waals surface area contributed by atoms with Gasteiger partial charge in [0.25, 0.3) is 0 Å². The molecule has 1 atom stereocenters. The van der Waals surface area contributed by atoms with E-state index in [4.69, 9.17) is 17.3 Å². The van der Waals surface area contributed by atoms with Gasteiger partial charge in [-0.1, -0.05) is 29.8 Å². The van der Waals surface area contributed by atoms with Crippen LogP contribution in [0.25, 0.3) is 0 Å². The third kappa shape index (κ3) is 2.88. The molecular formula is C15H16ClFN2. The molecule has 0 aliphatic carbocycles. The van der Waals surface area contributed by atoms with Crippen molar-refractivity contribution in [1.82, 2.24) is 0 Å². The highest BCUT2D eigenvalue weighted by atomic mass is 35.5. The van der Waals surface area contributed by atoms with Crippen LogP contribution in [0.3, 0.4) is 0 Å². The van der Waals surface area contributed by atoms with Crippen LogP contribution in [0.1, 0.15) is 18.5 Å². The van der Waals surface area contributed by atoms with Crippen molar-refractivity contribution >= 4 is 23.0 Å². The molecule has 2 N–H and O–H groups in total. The lowest BCUT2D eigenvalue weighted by molar-refractivity contribution is 0.627. The van der Waals surface area contributed by atoms with Crippen molar-refractivity contribution in [1.29, 1.82) is 0 Å². The number of hydrogen-bond donors (Lipinski definition) is 1. The highest BCUT2D eigenvalue weighted by Gasteiger charge is 2.13. The number of benzene rings is 2. The van der Waals surface area contributed by atoms with Crippen LogP contribution in [0.2, 0.25) is 5.02 Å². The quantitative estimate of drug-likeness (QED) is 0.909. The maximum atomic E-state index is 13.8. The van der Waals surface area contributed by atoms with Crippen LogP contribution in [0, 0.1) is 5.82 Å². The van der Waals surface area contributed by atoms with Gasteiger partial charge in [0.2, 0.25) is 0 Å². The second-order valence-corrected chi connectivity index (χ2v) is 4.92. The predicted molar refractivity (Wildman–Crippen MR) is 78.5 cm³/mol. The number of nitrogens with zero attached hydrogens (tertiary/aromatic N) is 1. The summed E-state index contributed by atoms with van der Waals surface area (Å²) in [6.45, 7) is 1.89. The van der Waals surface area contributed by atoms with Gasteiger partial charge in [-0.15, -0.1) is 0 Å². The fourth-order valence-corrected chi connectivity index (χ4v) is 2.25. The van der Waals surface area contributed by atoms with E-state index in [1.807, 2.05) is 25.1 Å². The Kier molecular flexibility index (Phi) is 4.08. The van der Waals surface area contributed by atoms with Gasteiger partial charge in [-0.3, -0.25) is 0 Å². The van der Waals surface area contributed by atoms with Gasteiger partial charge in [-0.2, -0.15) is 0 Å². The van der Waals surface area contributed by atoms with E-state index in [0.29, 0.717) is 10.7 Å². The van der Waals surface area contributed by atoms with Crippen LogP contribution in [-0.4, -0.2) is 7.05 Å². The van der Waals surface area contributed by atoms with Gasteiger partial charge >= 0.3 is 0 Å². The van der Waals surface area contributed by atoms with Crippen LogP contribution in [-0.2, 0) is 0 Å². The summed E-state index contributed by atoms with van der Waals surface area (Å²) in [6, 6.07) is 12.1. The topological polar surface area (TPSA) is 29.3 Å². The summed E-state index contributed by atoms with van der Waals surface area (Å²) in [6.07, 6.45) is 0. The highest BCUT2D eigenvalue weighted by molar-refractivity contribution is 6.33. The molecule has 2 aromatic carbocycles. The molecule has 2 rings (SSSR count). The number of nitrogens with two attached hydrogens (primary N) is 1. The third-order valence-electron chi connectivity index (χ3n) is 3.07. The van der Waals surface area contributed by atoms with Gasteiger partial charge in [0.05, 0.1) is 16.4 Å². The smallest absolute Gasteiger partial charge is 0.146 e. The predicted octanol–water partition coefficient (Wildman–Crippen LogP) is 4.27. The van der Waals surface area contributed by atoms with Crippen LogP contribution in [0.4, 0.5) is 15.8 Å². The van der Waals surface area contributed by atoms with E-state index in [1.54, 1.807) is 30.1 Å². The van der Waals surface area contributed by atoms with Crippen LogP contribution >= 0.6 is 11.6 Å². The molecule has 0 heterocycles. The van der Waals surface area contributed by atoms with Gasteiger partial charge in [0.15, 0.2) is 0 Å². The van der Waals surface area contributed by atoms with Gasteiger partial charge in [0.1, 0.15) is 5.82 Å². The van der Waals surface area contributed by atoms with E-state index in [-0.39, 0.29) is 11.9 Å². The highest BCUT2D eigenvalue weighted by Crippen LogP contribution is 2.33. The largest absolute Gasteiger partial charge is 0.341 e. The van der Waals surface area contributed by atoms with Crippen LogP contribution < -0.4 is 10.6 Å². The zero-order valence-corrected chi connectivity index (χ0v) is 11.7.